The minimum atomic E-state index is -0.713. The second kappa shape index (κ2) is 6.26. The van der Waals surface area contributed by atoms with Gasteiger partial charge >= 0.3 is 5.97 Å². The highest BCUT2D eigenvalue weighted by molar-refractivity contribution is 5.94. The predicted octanol–water partition coefficient (Wildman–Crippen LogP) is 1.86. The normalized spacial score (nSPS) is 22.3. The van der Waals surface area contributed by atoms with Crippen molar-refractivity contribution in [1.29, 1.82) is 0 Å². The van der Waals surface area contributed by atoms with E-state index in [-0.39, 0.29) is 0 Å². The van der Waals surface area contributed by atoms with Gasteiger partial charge in [-0.2, -0.15) is 0 Å². The van der Waals surface area contributed by atoms with Gasteiger partial charge in [-0.05, 0) is 31.0 Å². The molecule has 1 fully saturated rings. The molecule has 1 saturated heterocycles. The number of nitrogens with two attached hydrogens (primary N) is 1. The summed E-state index contributed by atoms with van der Waals surface area (Å²) in [5, 5.41) is 9.52. The van der Waals surface area contributed by atoms with Crippen LogP contribution in [0.25, 0.3) is 0 Å². The lowest BCUT2D eigenvalue weighted by atomic mass is 9.83. The van der Waals surface area contributed by atoms with Crippen molar-refractivity contribution in [2.24, 2.45) is 11.1 Å². The number of hydrogen-bond acceptors (Lipinski definition) is 3. The standard InChI is InChI=1S/C16H22N2O3/c1-2-7-16(15(20)21)8-9-18(11-16)10-12-5-3-4-6-13(12)14(17)19/h3-6H,2,7-11H2,1H3,(H2,17,19)(H,20,21). The summed E-state index contributed by atoms with van der Waals surface area (Å²) < 4.78 is 0. The number of aliphatic carboxylic acids is 1. The molecule has 2 rings (SSSR count). The third-order valence-electron chi connectivity index (χ3n) is 4.29. The molecule has 1 heterocycles. The van der Waals surface area contributed by atoms with Crippen LogP contribution >= 0.6 is 0 Å². The highest BCUT2D eigenvalue weighted by Crippen LogP contribution is 2.36. The largest absolute Gasteiger partial charge is 0.481 e. The topological polar surface area (TPSA) is 83.6 Å². The first kappa shape index (κ1) is 15.5. The first-order valence-corrected chi connectivity index (χ1v) is 7.32. The van der Waals surface area contributed by atoms with Gasteiger partial charge < -0.3 is 10.8 Å². The van der Waals surface area contributed by atoms with Crippen molar-refractivity contribution in [2.45, 2.75) is 32.7 Å². The second-order valence-corrected chi connectivity index (χ2v) is 5.82. The summed E-state index contributed by atoms with van der Waals surface area (Å²) in [7, 11) is 0. The molecule has 114 valence electrons. The Hall–Kier alpha value is -1.88. The summed E-state index contributed by atoms with van der Waals surface area (Å²) >= 11 is 0. The number of carbonyl (C=O) groups excluding carboxylic acids is 1. The Balaban J connectivity index is 2.13. The van der Waals surface area contributed by atoms with Crippen LogP contribution < -0.4 is 5.73 Å². The average Bonchev–Trinajstić information content (AvgIpc) is 2.84. The number of amides is 1. The Kier molecular flexibility index (Phi) is 4.63. The number of likely N-dealkylation sites (tertiary alicyclic amines) is 1. The second-order valence-electron chi connectivity index (χ2n) is 5.82. The number of hydrogen-bond donors (Lipinski definition) is 2. The van der Waals surface area contributed by atoms with Gasteiger partial charge in [0.2, 0.25) is 5.91 Å². The molecule has 1 amide bonds. The van der Waals surface area contributed by atoms with Gasteiger partial charge in [-0.3, -0.25) is 14.5 Å². The molecular formula is C16H22N2O3. The first-order chi connectivity index (χ1) is 9.98. The van der Waals surface area contributed by atoms with Crippen LogP contribution in [0.1, 0.15) is 42.1 Å². The van der Waals surface area contributed by atoms with Crippen LogP contribution in [-0.4, -0.2) is 35.0 Å². The monoisotopic (exact) mass is 290 g/mol. The van der Waals surface area contributed by atoms with E-state index in [0.29, 0.717) is 31.5 Å². The molecular weight excluding hydrogens is 268 g/mol. The van der Waals surface area contributed by atoms with Crippen LogP contribution in [0.4, 0.5) is 0 Å². The third-order valence-corrected chi connectivity index (χ3v) is 4.29. The molecule has 0 saturated carbocycles. The molecule has 0 aliphatic carbocycles. The molecule has 1 aliphatic rings. The van der Waals surface area contributed by atoms with Crippen molar-refractivity contribution < 1.29 is 14.7 Å². The van der Waals surface area contributed by atoms with E-state index in [4.69, 9.17) is 5.73 Å². The Labute approximate surface area is 124 Å². The fourth-order valence-electron chi connectivity index (χ4n) is 3.20. The minimum absolute atomic E-state index is 0.442. The smallest absolute Gasteiger partial charge is 0.310 e. The highest BCUT2D eigenvalue weighted by atomic mass is 16.4. The average molecular weight is 290 g/mol. The fraction of sp³-hybridized carbons (Fsp3) is 0.500. The molecule has 1 aromatic carbocycles. The molecule has 1 aromatic rings. The number of carboxylic acids is 1. The lowest BCUT2D eigenvalue weighted by Gasteiger charge is -2.24. The van der Waals surface area contributed by atoms with Crippen LogP contribution in [0.2, 0.25) is 0 Å². The molecule has 1 atom stereocenters. The molecule has 0 bridgehead atoms. The molecule has 21 heavy (non-hydrogen) atoms. The van der Waals surface area contributed by atoms with E-state index in [9.17, 15) is 14.7 Å². The third kappa shape index (κ3) is 3.24. The van der Waals surface area contributed by atoms with E-state index < -0.39 is 17.3 Å². The number of benzene rings is 1. The molecule has 5 nitrogen and oxygen atoms in total. The van der Waals surface area contributed by atoms with Crippen LogP contribution in [0.5, 0.6) is 0 Å². The van der Waals surface area contributed by atoms with Gasteiger partial charge in [-0.15, -0.1) is 0 Å². The van der Waals surface area contributed by atoms with Crippen molar-refractivity contribution in [1.82, 2.24) is 4.90 Å². The molecule has 0 aromatic heterocycles. The van der Waals surface area contributed by atoms with Crippen molar-refractivity contribution in [2.75, 3.05) is 13.1 Å². The summed E-state index contributed by atoms with van der Waals surface area (Å²) in [5.41, 5.74) is 6.12. The number of carbonyl (C=O) groups is 2. The maximum atomic E-state index is 11.6. The maximum Gasteiger partial charge on any atom is 0.310 e. The van der Waals surface area contributed by atoms with Crippen molar-refractivity contribution in [3.63, 3.8) is 0 Å². The minimum Gasteiger partial charge on any atom is -0.481 e. The molecule has 3 N–H and O–H groups in total. The van der Waals surface area contributed by atoms with Crippen LogP contribution in [0.15, 0.2) is 24.3 Å². The van der Waals surface area contributed by atoms with Crippen LogP contribution in [0, 0.1) is 5.41 Å². The first-order valence-electron chi connectivity index (χ1n) is 7.32. The Morgan fingerprint density at radius 1 is 1.38 bits per heavy atom. The number of carboxylic acid groups (broad SMARTS) is 1. The quantitative estimate of drug-likeness (QED) is 0.837. The molecule has 0 radical (unpaired) electrons. The summed E-state index contributed by atoms with van der Waals surface area (Å²) in [6.45, 7) is 3.84. The zero-order chi connectivity index (χ0) is 15.5. The van der Waals surface area contributed by atoms with Crippen molar-refractivity contribution in [3.8, 4) is 0 Å². The van der Waals surface area contributed by atoms with E-state index in [0.717, 1.165) is 18.5 Å². The SMILES string of the molecule is CCCC1(C(=O)O)CCN(Cc2ccccc2C(N)=O)C1. The Morgan fingerprint density at radius 2 is 2.10 bits per heavy atom. The van der Waals surface area contributed by atoms with Crippen molar-refractivity contribution >= 4 is 11.9 Å². The Morgan fingerprint density at radius 3 is 2.71 bits per heavy atom. The zero-order valence-electron chi connectivity index (χ0n) is 12.3. The summed E-state index contributed by atoms with van der Waals surface area (Å²) in [6.07, 6.45) is 2.21. The van der Waals surface area contributed by atoms with Gasteiger partial charge in [0, 0.05) is 18.7 Å². The highest BCUT2D eigenvalue weighted by Gasteiger charge is 2.43. The number of nitrogens with zero attached hydrogens (tertiary/aromatic N) is 1. The summed E-state index contributed by atoms with van der Waals surface area (Å²) in [4.78, 5) is 25.1. The summed E-state index contributed by atoms with van der Waals surface area (Å²) in [6, 6.07) is 7.24. The van der Waals surface area contributed by atoms with Gasteiger partial charge in [0.25, 0.3) is 0 Å². The molecule has 5 heteroatoms. The van der Waals surface area contributed by atoms with E-state index in [1.165, 1.54) is 0 Å². The van der Waals surface area contributed by atoms with E-state index in [1.54, 1.807) is 12.1 Å². The lowest BCUT2D eigenvalue weighted by Crippen LogP contribution is -2.34. The van der Waals surface area contributed by atoms with Gasteiger partial charge in [0.15, 0.2) is 0 Å². The summed E-state index contributed by atoms with van der Waals surface area (Å²) in [5.74, 6) is -1.15. The van der Waals surface area contributed by atoms with E-state index in [1.807, 2.05) is 19.1 Å². The van der Waals surface area contributed by atoms with Crippen LogP contribution in [-0.2, 0) is 11.3 Å². The van der Waals surface area contributed by atoms with Gasteiger partial charge in [0.1, 0.15) is 0 Å². The van der Waals surface area contributed by atoms with E-state index in [2.05, 4.69) is 4.90 Å². The Bertz CT molecular complexity index is 544. The molecule has 1 aliphatic heterocycles. The maximum absolute atomic E-state index is 11.6. The molecule has 0 spiro atoms. The van der Waals surface area contributed by atoms with Crippen molar-refractivity contribution in [3.05, 3.63) is 35.4 Å². The predicted molar refractivity (Wildman–Crippen MR) is 79.8 cm³/mol. The fourth-order valence-corrected chi connectivity index (χ4v) is 3.20. The van der Waals surface area contributed by atoms with Gasteiger partial charge in [0.05, 0.1) is 5.41 Å². The number of primary amides is 1. The van der Waals surface area contributed by atoms with Gasteiger partial charge in [-0.25, -0.2) is 0 Å². The molecule has 1 unspecified atom stereocenters. The van der Waals surface area contributed by atoms with E-state index >= 15 is 0 Å². The number of rotatable bonds is 6. The zero-order valence-corrected chi connectivity index (χ0v) is 12.3. The van der Waals surface area contributed by atoms with Gasteiger partial charge in [-0.1, -0.05) is 31.5 Å². The lowest BCUT2D eigenvalue weighted by molar-refractivity contribution is -0.148. The van der Waals surface area contributed by atoms with Crippen LogP contribution in [0.3, 0.4) is 0 Å².